The van der Waals surface area contributed by atoms with E-state index in [0.717, 1.165) is 4.90 Å². The Balaban J connectivity index is 1.90. The molecule has 1 N–H and O–H groups in total. The number of benzene rings is 3. The van der Waals surface area contributed by atoms with Gasteiger partial charge in [0.25, 0.3) is 5.91 Å². The summed E-state index contributed by atoms with van der Waals surface area (Å²) >= 11 is 1.33. The Morgan fingerprint density at radius 1 is 0.920 bits per heavy atom. The fourth-order valence-corrected chi connectivity index (χ4v) is 3.29. The van der Waals surface area contributed by atoms with Crippen molar-refractivity contribution in [2.45, 2.75) is 9.79 Å². The molecule has 0 heterocycles. The molecule has 0 bridgehead atoms. The van der Waals surface area contributed by atoms with Crippen LogP contribution < -0.4 is 5.32 Å². The second-order valence-electron chi connectivity index (χ2n) is 5.14. The van der Waals surface area contributed by atoms with Crippen LogP contribution in [0, 0.1) is 17.1 Å². The Kier molecular flexibility index (Phi) is 5.12. The lowest BCUT2D eigenvalue weighted by molar-refractivity contribution is 0.102. The minimum atomic E-state index is -0.490. The Labute approximate surface area is 149 Å². The molecule has 0 unspecified atom stereocenters. The number of para-hydroxylation sites is 1. The molecule has 0 radical (unpaired) electrons. The zero-order chi connectivity index (χ0) is 17.6. The fourth-order valence-electron chi connectivity index (χ4n) is 2.26. The third-order valence-electron chi connectivity index (χ3n) is 3.48. The van der Waals surface area contributed by atoms with Crippen molar-refractivity contribution in [1.82, 2.24) is 0 Å². The molecule has 0 aliphatic carbocycles. The SMILES string of the molecule is N#Cc1ccccc1Sc1ccccc1C(=O)Nc1ccccc1F. The highest BCUT2D eigenvalue weighted by Gasteiger charge is 2.14. The van der Waals surface area contributed by atoms with Crippen molar-refractivity contribution in [3.8, 4) is 6.07 Å². The van der Waals surface area contributed by atoms with Gasteiger partial charge in [0.05, 0.1) is 16.8 Å². The number of rotatable bonds is 4. The molecule has 0 aliphatic rings. The van der Waals surface area contributed by atoms with Gasteiger partial charge < -0.3 is 5.32 Å². The van der Waals surface area contributed by atoms with Crippen LogP contribution in [0.25, 0.3) is 0 Å². The maximum atomic E-state index is 13.8. The molecule has 5 heteroatoms. The molecule has 0 atom stereocenters. The number of halogens is 1. The van der Waals surface area contributed by atoms with Gasteiger partial charge in [-0.05, 0) is 36.4 Å². The van der Waals surface area contributed by atoms with E-state index in [1.807, 2.05) is 18.2 Å². The van der Waals surface area contributed by atoms with Crippen LogP contribution in [-0.2, 0) is 0 Å². The number of hydrogen-bond acceptors (Lipinski definition) is 3. The predicted molar refractivity (Wildman–Crippen MR) is 96.1 cm³/mol. The first kappa shape index (κ1) is 16.7. The molecule has 0 spiro atoms. The number of hydrogen-bond donors (Lipinski definition) is 1. The van der Waals surface area contributed by atoms with E-state index in [4.69, 9.17) is 0 Å². The quantitative estimate of drug-likeness (QED) is 0.713. The zero-order valence-corrected chi connectivity index (χ0v) is 13.9. The van der Waals surface area contributed by atoms with E-state index in [0.29, 0.717) is 16.0 Å². The summed E-state index contributed by atoms with van der Waals surface area (Å²) in [4.78, 5) is 14.0. The van der Waals surface area contributed by atoms with Gasteiger partial charge >= 0.3 is 0 Å². The van der Waals surface area contributed by atoms with Crippen LogP contribution in [0.5, 0.6) is 0 Å². The van der Waals surface area contributed by atoms with Crippen molar-refractivity contribution in [2.75, 3.05) is 5.32 Å². The van der Waals surface area contributed by atoms with Crippen LogP contribution in [-0.4, -0.2) is 5.91 Å². The monoisotopic (exact) mass is 348 g/mol. The first-order valence-corrected chi connectivity index (χ1v) is 8.32. The summed E-state index contributed by atoms with van der Waals surface area (Å²) in [6, 6.07) is 22.4. The summed E-state index contributed by atoms with van der Waals surface area (Å²) in [5.74, 6) is -0.890. The summed E-state index contributed by atoms with van der Waals surface area (Å²) < 4.78 is 13.8. The average molecular weight is 348 g/mol. The minimum absolute atomic E-state index is 0.129. The fraction of sp³-hybridized carbons (Fsp3) is 0. The lowest BCUT2D eigenvalue weighted by atomic mass is 10.2. The molecule has 0 aromatic heterocycles. The average Bonchev–Trinajstić information content (AvgIpc) is 2.64. The molecular weight excluding hydrogens is 335 g/mol. The first-order chi connectivity index (χ1) is 12.2. The van der Waals surface area contributed by atoms with E-state index in [1.165, 1.54) is 23.9 Å². The normalized spacial score (nSPS) is 10.1. The Morgan fingerprint density at radius 2 is 1.56 bits per heavy atom. The van der Waals surface area contributed by atoms with Crippen LogP contribution in [0.15, 0.2) is 82.6 Å². The topological polar surface area (TPSA) is 52.9 Å². The van der Waals surface area contributed by atoms with Crippen molar-refractivity contribution >= 4 is 23.4 Å². The van der Waals surface area contributed by atoms with E-state index in [9.17, 15) is 14.4 Å². The number of carbonyl (C=O) groups excluding carboxylic acids is 1. The summed E-state index contributed by atoms with van der Waals surface area (Å²) in [6.45, 7) is 0. The Bertz CT molecular complexity index is 966. The van der Waals surface area contributed by atoms with Gasteiger partial charge in [-0.15, -0.1) is 0 Å². The lowest BCUT2D eigenvalue weighted by Crippen LogP contribution is -2.13. The van der Waals surface area contributed by atoms with Gasteiger partial charge in [0.15, 0.2) is 0 Å². The smallest absolute Gasteiger partial charge is 0.256 e. The highest BCUT2D eigenvalue weighted by molar-refractivity contribution is 7.99. The van der Waals surface area contributed by atoms with Crippen molar-refractivity contribution < 1.29 is 9.18 Å². The summed E-state index contributed by atoms with van der Waals surface area (Å²) in [7, 11) is 0. The van der Waals surface area contributed by atoms with Gasteiger partial charge in [-0.1, -0.05) is 48.2 Å². The Hall–Kier alpha value is -3.10. The number of nitriles is 1. The third kappa shape index (κ3) is 3.87. The second kappa shape index (κ2) is 7.65. The summed E-state index contributed by atoms with van der Waals surface area (Å²) in [6.07, 6.45) is 0. The number of nitrogens with one attached hydrogen (secondary N) is 1. The van der Waals surface area contributed by atoms with Gasteiger partial charge in [-0.2, -0.15) is 5.26 Å². The van der Waals surface area contributed by atoms with Crippen LogP contribution in [0.3, 0.4) is 0 Å². The van der Waals surface area contributed by atoms with E-state index in [1.54, 1.807) is 42.5 Å². The molecule has 3 nitrogen and oxygen atoms in total. The van der Waals surface area contributed by atoms with Crippen LogP contribution >= 0.6 is 11.8 Å². The second-order valence-corrected chi connectivity index (χ2v) is 6.22. The maximum Gasteiger partial charge on any atom is 0.256 e. The van der Waals surface area contributed by atoms with Crippen molar-refractivity contribution in [2.24, 2.45) is 0 Å². The molecule has 122 valence electrons. The van der Waals surface area contributed by atoms with Gasteiger partial charge in [0.2, 0.25) is 0 Å². The van der Waals surface area contributed by atoms with E-state index < -0.39 is 11.7 Å². The molecule has 3 rings (SSSR count). The highest BCUT2D eigenvalue weighted by Crippen LogP contribution is 2.33. The number of carbonyl (C=O) groups is 1. The van der Waals surface area contributed by atoms with Crippen molar-refractivity contribution in [1.29, 1.82) is 5.26 Å². The molecule has 0 saturated carbocycles. The molecule has 0 aliphatic heterocycles. The van der Waals surface area contributed by atoms with Crippen molar-refractivity contribution in [3.05, 3.63) is 89.7 Å². The zero-order valence-electron chi connectivity index (χ0n) is 13.1. The molecule has 0 saturated heterocycles. The van der Waals surface area contributed by atoms with Crippen molar-refractivity contribution in [3.63, 3.8) is 0 Å². The first-order valence-electron chi connectivity index (χ1n) is 7.51. The highest BCUT2D eigenvalue weighted by atomic mass is 32.2. The van der Waals surface area contributed by atoms with Gasteiger partial charge in [0.1, 0.15) is 11.9 Å². The van der Waals surface area contributed by atoms with Gasteiger partial charge in [-0.25, -0.2) is 4.39 Å². The number of nitrogens with zero attached hydrogens (tertiary/aromatic N) is 1. The third-order valence-corrected chi connectivity index (χ3v) is 4.63. The van der Waals surface area contributed by atoms with Crippen LogP contribution in [0.4, 0.5) is 10.1 Å². The molecule has 25 heavy (non-hydrogen) atoms. The molecular formula is C20H13FN2OS. The summed E-state index contributed by atoms with van der Waals surface area (Å²) in [5.41, 5.74) is 1.09. The Morgan fingerprint density at radius 3 is 2.32 bits per heavy atom. The molecule has 3 aromatic rings. The minimum Gasteiger partial charge on any atom is -0.319 e. The van der Waals surface area contributed by atoms with Crippen LogP contribution in [0.2, 0.25) is 0 Å². The van der Waals surface area contributed by atoms with E-state index >= 15 is 0 Å². The lowest BCUT2D eigenvalue weighted by Gasteiger charge is -2.11. The largest absolute Gasteiger partial charge is 0.319 e. The van der Waals surface area contributed by atoms with Gasteiger partial charge in [-0.3, -0.25) is 4.79 Å². The van der Waals surface area contributed by atoms with Crippen LogP contribution in [0.1, 0.15) is 15.9 Å². The predicted octanol–water partition coefficient (Wildman–Crippen LogP) is 5.10. The van der Waals surface area contributed by atoms with E-state index in [2.05, 4.69) is 11.4 Å². The molecule has 3 aromatic carbocycles. The van der Waals surface area contributed by atoms with Gasteiger partial charge in [0, 0.05) is 9.79 Å². The molecule has 1 amide bonds. The maximum absolute atomic E-state index is 13.8. The molecule has 0 fully saturated rings. The summed E-state index contributed by atoms with van der Waals surface area (Å²) in [5, 5.41) is 11.8. The van der Waals surface area contributed by atoms with E-state index in [-0.39, 0.29) is 5.69 Å². The standard InChI is InChI=1S/C20H13FN2OS/c21-16-9-3-4-10-17(16)23-20(24)15-8-2-6-12-19(15)25-18-11-5-1-7-14(18)13-22/h1-12H,(H,23,24). The number of anilines is 1. The number of amides is 1.